The maximum Gasteiger partial charge on any atom is 0.254 e. The molecule has 1 saturated heterocycles. The van der Waals surface area contributed by atoms with Gasteiger partial charge in [-0.25, -0.2) is 9.97 Å². The Kier molecular flexibility index (Phi) is 5.06. The first-order valence-electron chi connectivity index (χ1n) is 7.39. The van der Waals surface area contributed by atoms with Crippen LogP contribution in [0.1, 0.15) is 48.1 Å². The van der Waals surface area contributed by atoms with Crippen molar-refractivity contribution in [1.82, 2.24) is 20.2 Å². The van der Waals surface area contributed by atoms with E-state index in [-0.39, 0.29) is 11.9 Å². The predicted octanol–water partition coefficient (Wildman–Crippen LogP) is 1.70. The Hall–Kier alpha value is -1.49. The number of hydrogen-bond acceptors (Lipinski definition) is 4. The summed E-state index contributed by atoms with van der Waals surface area (Å²) < 4.78 is 0. The summed E-state index contributed by atoms with van der Waals surface area (Å²) in [6, 6.07) is 0.140. The highest BCUT2D eigenvalue weighted by Crippen LogP contribution is 2.09. The summed E-state index contributed by atoms with van der Waals surface area (Å²) >= 11 is 0. The van der Waals surface area contributed by atoms with Crippen LogP contribution in [0.25, 0.3) is 0 Å². The van der Waals surface area contributed by atoms with Crippen LogP contribution in [0.3, 0.4) is 0 Å². The topological polar surface area (TPSA) is 58.1 Å². The molecule has 5 nitrogen and oxygen atoms in total. The number of likely N-dealkylation sites (tertiary alicyclic amines) is 1. The second kappa shape index (κ2) is 6.79. The fourth-order valence-electron chi connectivity index (χ4n) is 2.68. The molecule has 1 N–H and O–H groups in total. The van der Waals surface area contributed by atoms with Crippen molar-refractivity contribution in [3.63, 3.8) is 0 Å². The molecular formula is C15H24N4O. The minimum atomic E-state index is -0.0768. The molecule has 0 bridgehead atoms. The molecule has 0 spiro atoms. The average molecular weight is 276 g/mol. The van der Waals surface area contributed by atoms with E-state index < -0.39 is 0 Å². The van der Waals surface area contributed by atoms with Crippen LogP contribution < -0.4 is 5.32 Å². The van der Waals surface area contributed by atoms with Crippen molar-refractivity contribution >= 4 is 5.91 Å². The van der Waals surface area contributed by atoms with E-state index in [4.69, 9.17) is 0 Å². The summed E-state index contributed by atoms with van der Waals surface area (Å²) in [5, 5.41) is 3.04. The van der Waals surface area contributed by atoms with Crippen LogP contribution in [-0.2, 0) is 0 Å². The van der Waals surface area contributed by atoms with Gasteiger partial charge in [0.15, 0.2) is 0 Å². The SMILES string of the molecule is Cc1ncc(C(=O)NC(C)CN2CCCCC2)c(C)n1. The van der Waals surface area contributed by atoms with Gasteiger partial charge in [-0.1, -0.05) is 6.42 Å². The molecule has 1 aromatic heterocycles. The standard InChI is InChI=1S/C15H24N4O/c1-11(10-19-7-5-4-6-8-19)17-15(20)14-9-16-13(3)18-12(14)2/h9,11H,4-8,10H2,1-3H3,(H,17,20). The molecule has 0 aromatic carbocycles. The lowest BCUT2D eigenvalue weighted by molar-refractivity contribution is 0.0924. The molecule has 0 radical (unpaired) electrons. The van der Waals surface area contributed by atoms with Gasteiger partial charge in [-0.2, -0.15) is 0 Å². The molecule has 1 atom stereocenters. The van der Waals surface area contributed by atoms with Crippen LogP contribution in [0, 0.1) is 13.8 Å². The highest BCUT2D eigenvalue weighted by molar-refractivity contribution is 5.95. The molecule has 0 aliphatic carbocycles. The minimum absolute atomic E-state index is 0.0768. The molecule has 1 aliphatic rings. The summed E-state index contributed by atoms with van der Waals surface area (Å²) in [7, 11) is 0. The fourth-order valence-corrected chi connectivity index (χ4v) is 2.68. The third kappa shape index (κ3) is 4.00. The van der Waals surface area contributed by atoms with Crippen molar-refractivity contribution in [2.45, 2.75) is 46.1 Å². The molecule has 5 heteroatoms. The van der Waals surface area contributed by atoms with Crippen molar-refractivity contribution in [2.75, 3.05) is 19.6 Å². The zero-order valence-corrected chi connectivity index (χ0v) is 12.6. The maximum atomic E-state index is 12.2. The molecule has 110 valence electrons. The zero-order valence-electron chi connectivity index (χ0n) is 12.6. The zero-order chi connectivity index (χ0) is 14.5. The highest BCUT2D eigenvalue weighted by Gasteiger charge is 2.17. The van der Waals surface area contributed by atoms with E-state index in [2.05, 4.69) is 27.1 Å². The van der Waals surface area contributed by atoms with E-state index in [9.17, 15) is 4.79 Å². The van der Waals surface area contributed by atoms with Crippen LogP contribution in [0.15, 0.2) is 6.20 Å². The second-order valence-electron chi connectivity index (χ2n) is 5.65. The van der Waals surface area contributed by atoms with E-state index >= 15 is 0 Å². The molecule has 2 rings (SSSR count). The van der Waals surface area contributed by atoms with Crippen molar-refractivity contribution in [2.24, 2.45) is 0 Å². The lowest BCUT2D eigenvalue weighted by Gasteiger charge is -2.29. The average Bonchev–Trinajstić information content (AvgIpc) is 2.39. The molecular weight excluding hydrogens is 252 g/mol. The Morgan fingerprint density at radius 3 is 2.70 bits per heavy atom. The van der Waals surface area contributed by atoms with E-state index in [0.29, 0.717) is 11.4 Å². The molecule has 1 fully saturated rings. The largest absolute Gasteiger partial charge is 0.348 e. The summed E-state index contributed by atoms with van der Waals surface area (Å²) in [6.45, 7) is 8.93. The minimum Gasteiger partial charge on any atom is -0.348 e. The van der Waals surface area contributed by atoms with Gasteiger partial charge in [0, 0.05) is 18.8 Å². The fraction of sp³-hybridized carbons (Fsp3) is 0.667. The lowest BCUT2D eigenvalue weighted by Crippen LogP contribution is -2.43. The smallest absolute Gasteiger partial charge is 0.254 e. The van der Waals surface area contributed by atoms with Gasteiger partial charge in [-0.15, -0.1) is 0 Å². The summed E-state index contributed by atoms with van der Waals surface area (Å²) in [4.78, 5) is 23.0. The molecule has 1 aromatic rings. The number of hydrogen-bond donors (Lipinski definition) is 1. The normalized spacial score (nSPS) is 17.8. The maximum absolute atomic E-state index is 12.2. The molecule has 1 aliphatic heterocycles. The van der Waals surface area contributed by atoms with Gasteiger partial charge in [-0.3, -0.25) is 4.79 Å². The van der Waals surface area contributed by atoms with Gasteiger partial charge in [-0.05, 0) is 46.7 Å². The molecule has 2 heterocycles. The number of amides is 1. The highest BCUT2D eigenvalue weighted by atomic mass is 16.1. The Morgan fingerprint density at radius 2 is 2.05 bits per heavy atom. The van der Waals surface area contributed by atoms with E-state index in [1.807, 2.05) is 13.8 Å². The quantitative estimate of drug-likeness (QED) is 0.909. The van der Waals surface area contributed by atoms with Crippen LogP contribution in [0.5, 0.6) is 0 Å². The van der Waals surface area contributed by atoms with Crippen LogP contribution in [0.4, 0.5) is 0 Å². The van der Waals surface area contributed by atoms with Crippen LogP contribution in [-0.4, -0.2) is 46.5 Å². The number of aromatic nitrogens is 2. The molecule has 1 amide bonds. The number of rotatable bonds is 4. The first-order valence-corrected chi connectivity index (χ1v) is 7.39. The van der Waals surface area contributed by atoms with Crippen LogP contribution in [0.2, 0.25) is 0 Å². The first-order chi connectivity index (χ1) is 9.56. The monoisotopic (exact) mass is 276 g/mol. The Labute approximate surface area is 120 Å². The van der Waals surface area contributed by atoms with Crippen LogP contribution >= 0.6 is 0 Å². The van der Waals surface area contributed by atoms with E-state index in [0.717, 1.165) is 25.3 Å². The van der Waals surface area contributed by atoms with E-state index in [1.165, 1.54) is 19.3 Å². The van der Waals surface area contributed by atoms with Gasteiger partial charge >= 0.3 is 0 Å². The van der Waals surface area contributed by atoms with E-state index in [1.54, 1.807) is 6.20 Å². The summed E-state index contributed by atoms with van der Waals surface area (Å²) in [6.07, 6.45) is 5.48. The number of nitrogens with one attached hydrogen (secondary N) is 1. The second-order valence-corrected chi connectivity index (χ2v) is 5.65. The summed E-state index contributed by atoms with van der Waals surface area (Å²) in [5.74, 6) is 0.618. The number of nitrogens with zero attached hydrogens (tertiary/aromatic N) is 3. The number of aryl methyl sites for hydroxylation is 2. The number of piperidine rings is 1. The molecule has 1 unspecified atom stereocenters. The third-order valence-corrected chi connectivity index (χ3v) is 3.70. The lowest BCUT2D eigenvalue weighted by atomic mass is 10.1. The predicted molar refractivity (Wildman–Crippen MR) is 78.7 cm³/mol. The van der Waals surface area contributed by atoms with Crippen molar-refractivity contribution in [3.05, 3.63) is 23.3 Å². The van der Waals surface area contributed by atoms with Gasteiger partial charge in [0.2, 0.25) is 0 Å². The third-order valence-electron chi connectivity index (χ3n) is 3.70. The van der Waals surface area contributed by atoms with Crippen molar-refractivity contribution < 1.29 is 4.79 Å². The number of carbonyl (C=O) groups excluding carboxylic acids is 1. The number of carbonyl (C=O) groups is 1. The Morgan fingerprint density at radius 1 is 1.35 bits per heavy atom. The molecule has 20 heavy (non-hydrogen) atoms. The van der Waals surface area contributed by atoms with Crippen molar-refractivity contribution in [3.8, 4) is 0 Å². The summed E-state index contributed by atoms with van der Waals surface area (Å²) in [5.41, 5.74) is 1.31. The Balaban J connectivity index is 1.89. The Bertz CT molecular complexity index is 469. The molecule has 0 saturated carbocycles. The van der Waals surface area contributed by atoms with Gasteiger partial charge < -0.3 is 10.2 Å². The van der Waals surface area contributed by atoms with Gasteiger partial charge in [0.1, 0.15) is 5.82 Å². The first kappa shape index (κ1) is 14.9. The van der Waals surface area contributed by atoms with Crippen molar-refractivity contribution in [1.29, 1.82) is 0 Å². The van der Waals surface area contributed by atoms with Gasteiger partial charge in [0.05, 0.1) is 11.3 Å². The van der Waals surface area contributed by atoms with Gasteiger partial charge in [0.25, 0.3) is 5.91 Å².